The first-order valence-corrected chi connectivity index (χ1v) is 16.2. The van der Waals surface area contributed by atoms with Gasteiger partial charge in [-0.25, -0.2) is 19.3 Å². The maximum absolute atomic E-state index is 14.3. The molecule has 1 atom stereocenters. The minimum Gasteiger partial charge on any atom is -0.474 e. The Bertz CT molecular complexity index is 1770. The van der Waals surface area contributed by atoms with E-state index in [1.165, 1.54) is 11.6 Å². The summed E-state index contributed by atoms with van der Waals surface area (Å²) < 4.78 is 29.3. The summed E-state index contributed by atoms with van der Waals surface area (Å²) in [5.41, 5.74) is 5.62. The van der Waals surface area contributed by atoms with Crippen molar-refractivity contribution in [1.29, 1.82) is 0 Å². The molecule has 0 saturated carbocycles. The van der Waals surface area contributed by atoms with Gasteiger partial charge in [-0.3, -0.25) is 4.90 Å². The van der Waals surface area contributed by atoms with E-state index in [-0.39, 0.29) is 18.0 Å². The molecule has 2 aromatic carbocycles. The van der Waals surface area contributed by atoms with E-state index in [1.54, 1.807) is 12.1 Å². The second-order valence-electron chi connectivity index (χ2n) is 11.5. The van der Waals surface area contributed by atoms with Gasteiger partial charge >= 0.3 is 0 Å². The van der Waals surface area contributed by atoms with Crippen LogP contribution in [-0.2, 0) is 24.2 Å². The van der Waals surface area contributed by atoms with Crippen LogP contribution in [0.5, 0.6) is 5.88 Å². The number of halogens is 3. The predicted octanol–water partition coefficient (Wildman–Crippen LogP) is 7.47. The molecule has 0 amide bonds. The molecule has 0 radical (unpaired) electrons. The van der Waals surface area contributed by atoms with E-state index < -0.39 is 0 Å². The lowest BCUT2D eigenvalue weighted by molar-refractivity contribution is -0.0584. The van der Waals surface area contributed by atoms with Crippen LogP contribution in [-0.4, -0.2) is 56.3 Å². The molecule has 0 bridgehead atoms. The van der Waals surface area contributed by atoms with Crippen LogP contribution in [0, 0.1) is 5.82 Å². The molecule has 2 aliphatic rings. The molecule has 10 heteroatoms. The van der Waals surface area contributed by atoms with Crippen molar-refractivity contribution in [2.45, 2.75) is 51.0 Å². The van der Waals surface area contributed by atoms with Gasteiger partial charge in [0.25, 0.3) is 0 Å². The van der Waals surface area contributed by atoms with Crippen LogP contribution in [0.2, 0.25) is 5.02 Å². The number of nitrogens with zero attached hydrogens (tertiary/aromatic N) is 5. The number of aromatic nitrogens is 4. The number of benzene rings is 2. The molecule has 2 fully saturated rings. The first-order valence-electron chi connectivity index (χ1n) is 15.0. The highest BCUT2D eigenvalue weighted by molar-refractivity contribution is 9.10. The summed E-state index contributed by atoms with van der Waals surface area (Å²) in [6, 6.07) is 21.1. The van der Waals surface area contributed by atoms with Crippen LogP contribution in [0.25, 0.3) is 22.4 Å². The molecule has 2 saturated heterocycles. The van der Waals surface area contributed by atoms with Crippen molar-refractivity contribution in [1.82, 2.24) is 24.4 Å². The second-order valence-corrected chi connectivity index (χ2v) is 12.7. The van der Waals surface area contributed by atoms with Gasteiger partial charge in [0.2, 0.25) is 5.88 Å². The van der Waals surface area contributed by atoms with Gasteiger partial charge in [-0.1, -0.05) is 48.0 Å². The molecular weight excluding hydrogens is 645 g/mol. The molecule has 7 nitrogen and oxygen atoms in total. The van der Waals surface area contributed by atoms with Crippen molar-refractivity contribution in [3.8, 4) is 17.3 Å². The molecular formula is C34H32BrClFN5O2. The van der Waals surface area contributed by atoms with Crippen molar-refractivity contribution >= 4 is 38.6 Å². The fourth-order valence-corrected chi connectivity index (χ4v) is 6.37. The zero-order valence-corrected chi connectivity index (χ0v) is 26.5. The maximum Gasteiger partial charge on any atom is 0.213 e. The molecule has 2 aliphatic heterocycles. The van der Waals surface area contributed by atoms with Crippen molar-refractivity contribution in [2.75, 3.05) is 19.7 Å². The standard InChI is InChI=1S/C34H32BrClFN5O2/c35-32-18-30-31(19-38-32)42(21-28-12-15-43-28)34(40-30)23-6-4-22(5-7-23)20-41-13-10-27(11-14-41)44-33-3-1-2-26(39-33)16-24-8-9-25(36)17-29(24)37/h1-9,17-19,27-28H,10-16,20-21H2/t28-/m0/s1. The van der Waals surface area contributed by atoms with Crippen molar-refractivity contribution in [3.63, 3.8) is 0 Å². The Balaban J connectivity index is 0.955. The first-order chi connectivity index (χ1) is 21.5. The highest BCUT2D eigenvalue weighted by Crippen LogP contribution is 2.29. The average Bonchev–Trinajstić information content (AvgIpc) is 3.35. The zero-order chi connectivity index (χ0) is 30.0. The number of imidazole rings is 1. The lowest BCUT2D eigenvalue weighted by atomic mass is 10.1. The topological polar surface area (TPSA) is 65.3 Å². The Morgan fingerprint density at radius 3 is 2.57 bits per heavy atom. The third kappa shape index (κ3) is 6.66. The smallest absolute Gasteiger partial charge is 0.213 e. The van der Waals surface area contributed by atoms with E-state index in [9.17, 15) is 4.39 Å². The molecule has 3 aromatic heterocycles. The van der Waals surface area contributed by atoms with Gasteiger partial charge in [0.05, 0.1) is 29.9 Å². The van der Waals surface area contributed by atoms with Crippen LogP contribution in [0.15, 0.2) is 77.5 Å². The number of piperidine rings is 1. The molecule has 0 aliphatic carbocycles. The largest absolute Gasteiger partial charge is 0.474 e. The first kappa shape index (κ1) is 29.3. The van der Waals surface area contributed by atoms with E-state index in [0.717, 1.165) is 84.8 Å². The molecule has 0 spiro atoms. The van der Waals surface area contributed by atoms with Crippen LogP contribution < -0.4 is 4.74 Å². The average molecular weight is 677 g/mol. The maximum atomic E-state index is 14.3. The van der Waals surface area contributed by atoms with E-state index in [0.29, 0.717) is 22.9 Å². The van der Waals surface area contributed by atoms with Crippen molar-refractivity contribution in [3.05, 3.63) is 105 Å². The Morgan fingerprint density at radius 1 is 1.00 bits per heavy atom. The normalized spacial score (nSPS) is 17.6. The lowest BCUT2D eigenvalue weighted by Crippen LogP contribution is -2.37. The number of rotatable bonds is 9. The number of pyridine rings is 2. The molecule has 0 unspecified atom stereocenters. The summed E-state index contributed by atoms with van der Waals surface area (Å²) in [6.07, 6.45) is 5.51. The van der Waals surface area contributed by atoms with Crippen LogP contribution >= 0.6 is 27.5 Å². The second kappa shape index (κ2) is 12.9. The van der Waals surface area contributed by atoms with Gasteiger partial charge in [0, 0.05) is 55.0 Å². The summed E-state index contributed by atoms with van der Waals surface area (Å²) in [5, 5.41) is 0.387. The van der Waals surface area contributed by atoms with Gasteiger partial charge in [0.1, 0.15) is 22.3 Å². The zero-order valence-electron chi connectivity index (χ0n) is 24.1. The summed E-state index contributed by atoms with van der Waals surface area (Å²) in [5.74, 6) is 1.21. The van der Waals surface area contributed by atoms with E-state index in [1.807, 2.05) is 30.5 Å². The van der Waals surface area contributed by atoms with Crippen LogP contribution in [0.1, 0.15) is 36.1 Å². The number of ether oxygens (including phenoxy) is 2. The molecule has 44 heavy (non-hydrogen) atoms. The quantitative estimate of drug-likeness (QED) is 0.151. The number of fused-ring (bicyclic) bond motifs is 1. The predicted molar refractivity (Wildman–Crippen MR) is 172 cm³/mol. The minimum atomic E-state index is -0.322. The van der Waals surface area contributed by atoms with Crippen LogP contribution in [0.3, 0.4) is 0 Å². The molecule has 226 valence electrons. The fourth-order valence-electron chi connectivity index (χ4n) is 5.89. The van der Waals surface area contributed by atoms with Crippen molar-refractivity contribution < 1.29 is 13.9 Å². The molecule has 5 heterocycles. The Hall–Kier alpha value is -3.37. The van der Waals surface area contributed by atoms with Gasteiger partial charge in [-0.05, 0) is 70.6 Å². The third-order valence-corrected chi connectivity index (χ3v) is 9.06. The van der Waals surface area contributed by atoms with Gasteiger partial charge in [-0.15, -0.1) is 0 Å². The number of hydrogen-bond donors (Lipinski definition) is 0. The highest BCUT2D eigenvalue weighted by Gasteiger charge is 2.24. The minimum absolute atomic E-state index is 0.103. The molecule has 0 N–H and O–H groups in total. The molecule has 7 rings (SSSR count). The highest BCUT2D eigenvalue weighted by atomic mass is 79.9. The van der Waals surface area contributed by atoms with Gasteiger partial charge < -0.3 is 14.0 Å². The van der Waals surface area contributed by atoms with E-state index in [4.69, 9.17) is 26.1 Å². The Morgan fingerprint density at radius 2 is 1.82 bits per heavy atom. The molecule has 5 aromatic rings. The summed E-state index contributed by atoms with van der Waals surface area (Å²) in [6.45, 7) is 4.37. The summed E-state index contributed by atoms with van der Waals surface area (Å²) in [4.78, 5) is 16.5. The fraction of sp³-hybridized carbons (Fsp3) is 0.324. The van der Waals surface area contributed by atoms with Crippen molar-refractivity contribution in [2.24, 2.45) is 0 Å². The van der Waals surface area contributed by atoms with Crippen LogP contribution in [0.4, 0.5) is 4.39 Å². The summed E-state index contributed by atoms with van der Waals surface area (Å²) in [7, 11) is 0. The number of hydrogen-bond acceptors (Lipinski definition) is 6. The Kier molecular flexibility index (Phi) is 8.62. The Labute approximate surface area is 269 Å². The third-order valence-electron chi connectivity index (χ3n) is 8.39. The van der Waals surface area contributed by atoms with E-state index >= 15 is 0 Å². The van der Waals surface area contributed by atoms with E-state index in [2.05, 4.69) is 59.6 Å². The monoisotopic (exact) mass is 675 g/mol. The number of likely N-dealkylation sites (tertiary alicyclic amines) is 1. The van der Waals surface area contributed by atoms with Gasteiger partial charge in [-0.2, -0.15) is 0 Å². The SMILES string of the molecule is Fc1cc(Cl)ccc1Cc1cccc(OC2CCN(Cc3ccc(-c4nc5cc(Br)ncc5n4C[C@@H]4CCO4)cc3)CC2)n1. The van der Waals surface area contributed by atoms with Gasteiger partial charge in [0.15, 0.2) is 0 Å². The summed E-state index contributed by atoms with van der Waals surface area (Å²) >= 11 is 9.37. The lowest BCUT2D eigenvalue weighted by Gasteiger charge is -2.32.